The molecule has 2 rings (SSSR count). The van der Waals surface area contributed by atoms with E-state index in [1.54, 1.807) is 6.21 Å². The number of hydrogen-bond acceptors (Lipinski definition) is 5. The molecule has 0 aliphatic carbocycles. The Bertz CT molecular complexity index is 779. The first kappa shape index (κ1) is 15.4. The summed E-state index contributed by atoms with van der Waals surface area (Å²) in [5.74, 6) is -0.460. The van der Waals surface area contributed by atoms with Crippen LogP contribution in [-0.4, -0.2) is 27.3 Å². The second-order valence-corrected chi connectivity index (χ2v) is 4.64. The third-order valence-corrected chi connectivity index (χ3v) is 2.92. The molecule has 1 aromatic heterocycles. The van der Waals surface area contributed by atoms with Gasteiger partial charge in [0, 0.05) is 12.1 Å². The summed E-state index contributed by atoms with van der Waals surface area (Å²) >= 11 is 0. The van der Waals surface area contributed by atoms with Crippen molar-refractivity contribution in [1.82, 2.24) is 20.6 Å². The van der Waals surface area contributed by atoms with Gasteiger partial charge in [-0.1, -0.05) is 37.3 Å². The quantitative estimate of drug-likeness (QED) is 0.528. The summed E-state index contributed by atoms with van der Waals surface area (Å²) in [7, 11) is 0. The van der Waals surface area contributed by atoms with Crippen molar-refractivity contribution >= 4 is 12.1 Å². The van der Waals surface area contributed by atoms with Gasteiger partial charge in [-0.05, 0) is 5.56 Å². The SMILES string of the molecule is C[C@H](/C=N/NC(=O)Cc1n[nH]c(=O)[nH]c1=O)c1ccccc1. The van der Waals surface area contributed by atoms with E-state index >= 15 is 0 Å². The molecule has 22 heavy (non-hydrogen) atoms. The first-order valence-electron chi connectivity index (χ1n) is 6.61. The monoisotopic (exact) mass is 301 g/mol. The number of H-pyrrole nitrogens is 2. The molecular formula is C14H15N5O3. The van der Waals surface area contributed by atoms with Crippen molar-refractivity contribution in [1.29, 1.82) is 0 Å². The van der Waals surface area contributed by atoms with Gasteiger partial charge >= 0.3 is 5.69 Å². The maximum Gasteiger partial charge on any atom is 0.342 e. The van der Waals surface area contributed by atoms with Crippen LogP contribution >= 0.6 is 0 Å². The second-order valence-electron chi connectivity index (χ2n) is 4.64. The summed E-state index contributed by atoms with van der Waals surface area (Å²) in [6.07, 6.45) is 1.32. The van der Waals surface area contributed by atoms with Crippen LogP contribution in [0.4, 0.5) is 0 Å². The highest BCUT2D eigenvalue weighted by Gasteiger charge is 2.08. The lowest BCUT2D eigenvalue weighted by Crippen LogP contribution is -2.31. The van der Waals surface area contributed by atoms with Crippen LogP contribution in [0.25, 0.3) is 0 Å². The summed E-state index contributed by atoms with van der Waals surface area (Å²) in [6, 6.07) is 9.69. The van der Waals surface area contributed by atoms with Gasteiger partial charge in [-0.3, -0.25) is 14.6 Å². The highest BCUT2D eigenvalue weighted by Crippen LogP contribution is 2.11. The minimum absolute atomic E-state index is 0.0381. The molecule has 0 spiro atoms. The van der Waals surface area contributed by atoms with Gasteiger partial charge in [-0.2, -0.15) is 10.2 Å². The van der Waals surface area contributed by atoms with Crippen LogP contribution in [0.1, 0.15) is 24.1 Å². The van der Waals surface area contributed by atoms with Gasteiger partial charge in [-0.25, -0.2) is 15.3 Å². The van der Waals surface area contributed by atoms with Crippen molar-refractivity contribution in [2.24, 2.45) is 5.10 Å². The molecule has 3 N–H and O–H groups in total. The van der Waals surface area contributed by atoms with Gasteiger partial charge in [0.05, 0.1) is 6.42 Å². The Morgan fingerprint density at radius 1 is 1.36 bits per heavy atom. The molecule has 0 saturated carbocycles. The number of nitrogens with one attached hydrogen (secondary N) is 3. The topological polar surface area (TPSA) is 120 Å². The minimum Gasteiger partial charge on any atom is -0.273 e. The van der Waals surface area contributed by atoms with Crippen LogP contribution in [0.15, 0.2) is 45.0 Å². The molecule has 0 aliphatic rings. The number of carbonyl (C=O) groups is 1. The van der Waals surface area contributed by atoms with Crippen molar-refractivity contribution in [3.63, 3.8) is 0 Å². The number of hydrogen-bond donors (Lipinski definition) is 3. The van der Waals surface area contributed by atoms with Gasteiger partial charge < -0.3 is 0 Å². The lowest BCUT2D eigenvalue weighted by atomic mass is 10.0. The predicted octanol–water partition coefficient (Wildman–Crippen LogP) is -0.0936. The van der Waals surface area contributed by atoms with Crippen molar-refractivity contribution < 1.29 is 4.79 Å². The Kier molecular flexibility index (Phi) is 4.97. The maximum atomic E-state index is 11.7. The third kappa shape index (κ3) is 4.23. The number of nitrogens with zero attached hydrogens (tertiary/aromatic N) is 2. The lowest BCUT2D eigenvalue weighted by molar-refractivity contribution is -0.120. The molecular weight excluding hydrogens is 286 g/mol. The van der Waals surface area contributed by atoms with Gasteiger partial charge in [0.1, 0.15) is 5.69 Å². The molecule has 1 heterocycles. The molecule has 114 valence electrons. The molecule has 1 atom stereocenters. The Labute approximate surface area is 125 Å². The van der Waals surface area contributed by atoms with E-state index in [2.05, 4.69) is 20.7 Å². The normalized spacial score (nSPS) is 12.2. The van der Waals surface area contributed by atoms with E-state index in [1.807, 2.05) is 42.2 Å². The predicted molar refractivity (Wildman–Crippen MR) is 80.7 cm³/mol. The summed E-state index contributed by atoms with van der Waals surface area (Å²) in [6.45, 7) is 1.94. The number of aromatic nitrogens is 3. The lowest BCUT2D eigenvalue weighted by Gasteiger charge is -2.05. The van der Waals surface area contributed by atoms with Crippen LogP contribution in [0.5, 0.6) is 0 Å². The molecule has 0 saturated heterocycles. The zero-order chi connectivity index (χ0) is 15.9. The van der Waals surface area contributed by atoms with E-state index in [0.29, 0.717) is 0 Å². The van der Waals surface area contributed by atoms with E-state index in [0.717, 1.165) is 5.56 Å². The molecule has 1 amide bonds. The van der Waals surface area contributed by atoms with Crippen LogP contribution < -0.4 is 16.7 Å². The largest absolute Gasteiger partial charge is 0.342 e. The highest BCUT2D eigenvalue weighted by molar-refractivity contribution is 5.79. The summed E-state index contributed by atoms with van der Waals surface area (Å²) in [5.41, 5.74) is 1.90. The summed E-state index contributed by atoms with van der Waals surface area (Å²) < 4.78 is 0. The molecule has 0 bridgehead atoms. The van der Waals surface area contributed by atoms with E-state index in [1.165, 1.54) is 0 Å². The Balaban J connectivity index is 1.91. The second kappa shape index (κ2) is 7.11. The Morgan fingerprint density at radius 2 is 2.09 bits per heavy atom. The smallest absolute Gasteiger partial charge is 0.273 e. The summed E-state index contributed by atoms with van der Waals surface area (Å²) in [4.78, 5) is 35.8. The van der Waals surface area contributed by atoms with Gasteiger partial charge in [-0.15, -0.1) is 0 Å². The minimum atomic E-state index is -0.719. The Hall–Kier alpha value is -3.03. The van der Waals surface area contributed by atoms with Crippen LogP contribution in [0.2, 0.25) is 0 Å². The number of aromatic amines is 2. The standard InChI is InChI=1S/C14H15N5O3/c1-9(10-5-3-2-4-6-10)8-15-18-12(20)7-11-13(21)16-14(22)19-17-11/h2-6,8-9H,7H2,1H3,(H,18,20)(H2,16,19,21,22)/b15-8+/t9-/m1/s1. The molecule has 1 aromatic carbocycles. The average Bonchev–Trinajstić information content (AvgIpc) is 2.51. The zero-order valence-electron chi connectivity index (χ0n) is 11.9. The van der Waals surface area contributed by atoms with Crippen molar-refractivity contribution in [2.75, 3.05) is 0 Å². The molecule has 2 aromatic rings. The zero-order valence-corrected chi connectivity index (χ0v) is 11.9. The number of rotatable bonds is 5. The van der Waals surface area contributed by atoms with Crippen LogP contribution in [0.3, 0.4) is 0 Å². The van der Waals surface area contributed by atoms with Gasteiger partial charge in [0.2, 0.25) is 5.91 Å². The fourth-order valence-corrected chi connectivity index (χ4v) is 1.75. The average molecular weight is 301 g/mol. The van der Waals surface area contributed by atoms with Crippen LogP contribution in [0, 0.1) is 0 Å². The summed E-state index contributed by atoms with van der Waals surface area (Å²) in [5, 5.41) is 9.43. The van der Waals surface area contributed by atoms with Gasteiger partial charge in [0.25, 0.3) is 5.56 Å². The molecule has 8 nitrogen and oxygen atoms in total. The van der Waals surface area contributed by atoms with E-state index in [4.69, 9.17) is 0 Å². The molecule has 8 heteroatoms. The van der Waals surface area contributed by atoms with Crippen molar-refractivity contribution in [2.45, 2.75) is 19.3 Å². The molecule has 0 unspecified atom stereocenters. The highest BCUT2D eigenvalue weighted by atomic mass is 16.2. The van der Waals surface area contributed by atoms with Gasteiger partial charge in [0.15, 0.2) is 0 Å². The third-order valence-electron chi connectivity index (χ3n) is 2.92. The maximum absolute atomic E-state index is 11.7. The number of hydrazone groups is 1. The first-order chi connectivity index (χ1) is 10.6. The molecule has 0 aliphatic heterocycles. The van der Waals surface area contributed by atoms with E-state index < -0.39 is 17.2 Å². The number of carbonyl (C=O) groups excluding carboxylic acids is 1. The van der Waals surface area contributed by atoms with Crippen LogP contribution in [-0.2, 0) is 11.2 Å². The number of amides is 1. The molecule has 0 radical (unpaired) electrons. The first-order valence-corrected chi connectivity index (χ1v) is 6.61. The Morgan fingerprint density at radius 3 is 2.77 bits per heavy atom. The van der Waals surface area contributed by atoms with Crippen molar-refractivity contribution in [3.8, 4) is 0 Å². The number of benzene rings is 1. The fraction of sp³-hybridized carbons (Fsp3) is 0.214. The molecule has 0 fully saturated rings. The van der Waals surface area contributed by atoms with E-state index in [9.17, 15) is 14.4 Å². The van der Waals surface area contributed by atoms with E-state index in [-0.39, 0.29) is 18.0 Å². The fourth-order valence-electron chi connectivity index (χ4n) is 1.75. The van der Waals surface area contributed by atoms with Crippen molar-refractivity contribution in [3.05, 3.63) is 62.4 Å².